The van der Waals surface area contributed by atoms with E-state index in [2.05, 4.69) is 87.6 Å². The Balaban J connectivity index is 0.00000133. The van der Waals surface area contributed by atoms with Crippen LogP contribution in [0, 0.1) is 0 Å². The molecule has 0 radical (unpaired) electrons. The summed E-state index contributed by atoms with van der Waals surface area (Å²) in [4.78, 5) is 202. The number of hydrogen-bond donors (Lipinski definition) is 12. The molecule has 4 rings (SSSR count). The van der Waals surface area contributed by atoms with Crippen LogP contribution in [0.15, 0.2) is 24.3 Å². The van der Waals surface area contributed by atoms with Crippen LogP contribution in [-0.2, 0) is 126 Å². The molecule has 0 aromatic heterocycles. The summed E-state index contributed by atoms with van der Waals surface area (Å²) in [5.41, 5.74) is 5.30. The predicted octanol–water partition coefficient (Wildman–Crippen LogP) is 2.50. The van der Waals surface area contributed by atoms with Crippen LogP contribution in [0.1, 0.15) is 154 Å². The van der Waals surface area contributed by atoms with Gasteiger partial charge in [-0.2, -0.15) is 25.3 Å². The number of aliphatic carboxylic acids is 1. The molecule has 4 aliphatic heterocycles. The van der Waals surface area contributed by atoms with E-state index in [0.29, 0.717) is 50.5 Å². The first kappa shape index (κ1) is 101. The fraction of sp³-hybridized carbons (Fsp3) is 0.700. The molecule has 0 saturated carbocycles. The minimum atomic E-state index is -3.90. The Morgan fingerprint density at radius 1 is 0.467 bits per heavy atom. The lowest BCUT2D eigenvalue weighted by Gasteiger charge is -2.15. The number of hydroxylamine groups is 2. The zero-order valence-corrected chi connectivity index (χ0v) is 65.6. The number of amides is 12. The van der Waals surface area contributed by atoms with Crippen molar-refractivity contribution in [2.75, 3.05) is 107 Å². The summed E-state index contributed by atoms with van der Waals surface area (Å²) in [7, 11) is -11.0. The highest BCUT2D eigenvalue weighted by atomic mass is 32.1. The number of thiol groups is 2. The quantitative estimate of drug-likeness (QED) is 0.0180. The first-order valence-electron chi connectivity index (χ1n) is 33.9. The number of nitrogens with two attached hydrogens (primary N) is 1. The van der Waals surface area contributed by atoms with Crippen LogP contribution >= 0.6 is 56.5 Å². The largest absolute Gasteiger partial charge is 0.480 e. The lowest BCUT2D eigenvalue weighted by atomic mass is 10.2. The van der Waals surface area contributed by atoms with E-state index >= 15 is 0 Å². The standard InChI is InChI=1S/C14H27N2O8PS.C14H25N2O7PS.C14H23N2O7P.C11H10N2O6.C7H18NO4P/c1-23-25(21,22)24-9-5-3-2-4-7-15-12(17)6-8-16-13(18)10-11(26)14(19)20;1-22-24(20,21)23-9-5-3-2-4-7-15-12(17)6-8-16-13(18)10-11(25)14(16)19;1-22-24(20,21)23-11-5-3-2-4-9-15-12(17)8-10-16-13(18)6-7-14(16)19;14-7-1-2-8(15)12(7)6-5-11(18)19-13-9(16)3-4-10(13)17;1-11-13(9,10)12-7-5-3-2-4-6-8/h11,26H,2-10H2,1H3,(H,15,17)(H,16,18)(H,19,20)(H,21,22);11,25H,2-10H2,1H3,(H,15,17)(H,20,21);6-7H,2-5,8-11H2,1H3,(H,15,17)(H,20,21);1-2H,3-6H2;2-8H2,1H3,(H,9,10). The Hall–Kier alpha value is -6.04. The van der Waals surface area contributed by atoms with E-state index in [-0.39, 0.29) is 134 Å². The number of nitrogens with one attached hydrogen (secondary N) is 4. The van der Waals surface area contributed by atoms with Crippen LogP contribution in [0.3, 0.4) is 0 Å². The second-order valence-electron chi connectivity index (χ2n) is 22.8. The molecule has 0 bridgehead atoms. The number of hydrogen-bond acceptors (Lipinski definition) is 30. The molecule has 11 N–H and O–H groups in total. The zero-order valence-electron chi connectivity index (χ0n) is 60.2. The van der Waals surface area contributed by atoms with E-state index in [1.807, 2.05) is 0 Å². The fourth-order valence-corrected chi connectivity index (χ4v) is 10.8. The Morgan fingerprint density at radius 3 is 1.11 bits per heavy atom. The SMILES string of the molecule is COP(=O)(O)OCCCCCCN.COP(=O)(O)OCCCCCCNC(=O)CCN1C(=O)C=CC1=O.COP(=O)(O)OCCCCCCNC(=O)CCN1C(=O)CC(S)C1=O.COP(=O)(O)OCCCCCCNC(=O)CCNC(=O)CC(S)C(=O)O.O=C(CCN1C(=O)C=CC1=O)ON1C(=O)CCC1=O. The van der Waals surface area contributed by atoms with E-state index in [9.17, 15) is 85.4 Å². The second kappa shape index (κ2) is 57.1. The number of rotatable bonds is 51. The Morgan fingerprint density at radius 2 is 0.785 bits per heavy atom. The summed E-state index contributed by atoms with van der Waals surface area (Å²) in [6.45, 7) is 2.96. The van der Waals surface area contributed by atoms with Gasteiger partial charge in [-0.05, 0) is 57.9 Å². The maximum Gasteiger partial charge on any atom is 0.471 e. The van der Waals surface area contributed by atoms with Gasteiger partial charge in [-0.3, -0.25) is 113 Å². The maximum absolute atomic E-state index is 11.7. The minimum absolute atomic E-state index is 0.0130. The summed E-state index contributed by atoms with van der Waals surface area (Å²) in [5.74, 6) is -6.72. The van der Waals surface area contributed by atoms with Gasteiger partial charge in [-0.25, -0.2) is 23.1 Å². The van der Waals surface area contributed by atoms with Crippen LogP contribution in [0.4, 0.5) is 0 Å². The van der Waals surface area contributed by atoms with Crippen molar-refractivity contribution in [3.8, 4) is 0 Å². The number of phosphoric acid groups is 4. The highest BCUT2D eigenvalue weighted by Gasteiger charge is 2.37. The summed E-state index contributed by atoms with van der Waals surface area (Å²) in [6, 6.07) is 0. The fourth-order valence-electron chi connectivity index (χ4n) is 8.51. The third kappa shape index (κ3) is 49.7. The summed E-state index contributed by atoms with van der Waals surface area (Å²) in [5, 5.41) is 18.0. The number of carbonyl (C=O) groups excluding carboxylic acids is 13. The molecular formula is C60H103N9O32P4S2. The minimum Gasteiger partial charge on any atom is -0.480 e. The number of carboxylic acid groups (broad SMARTS) is 1. The highest BCUT2D eigenvalue weighted by Crippen LogP contribution is 2.44. The molecule has 0 aromatic carbocycles. The first-order chi connectivity index (χ1) is 50.4. The molecule has 2 saturated heterocycles. The predicted molar refractivity (Wildman–Crippen MR) is 383 cm³/mol. The van der Waals surface area contributed by atoms with Crippen molar-refractivity contribution in [2.24, 2.45) is 5.73 Å². The van der Waals surface area contributed by atoms with E-state index in [4.69, 9.17) is 30.4 Å². The summed E-state index contributed by atoms with van der Waals surface area (Å²) < 4.78 is 79.5. The molecule has 4 aliphatic rings. The number of likely N-dealkylation sites (tertiary alicyclic amines) is 1. The summed E-state index contributed by atoms with van der Waals surface area (Å²) in [6.07, 6.45) is 17.1. The lowest BCUT2D eigenvalue weighted by molar-refractivity contribution is -0.197. The molecule has 0 aromatic rings. The number of phosphoric ester groups is 4. The van der Waals surface area contributed by atoms with Crippen LogP contribution in [0.5, 0.6) is 0 Å². The third-order valence-electron chi connectivity index (χ3n) is 14.4. The number of carboxylic acids is 1. The monoisotopic (exact) mass is 1650 g/mol. The number of carbonyl (C=O) groups is 14. The van der Waals surface area contributed by atoms with Crippen molar-refractivity contribution < 1.29 is 151 Å². The van der Waals surface area contributed by atoms with Crippen molar-refractivity contribution >= 4 is 139 Å². The van der Waals surface area contributed by atoms with Gasteiger partial charge in [0.25, 0.3) is 35.4 Å². The van der Waals surface area contributed by atoms with Crippen LogP contribution in [0.25, 0.3) is 0 Å². The Labute approximate surface area is 630 Å². The molecule has 41 nitrogen and oxygen atoms in total. The Bertz CT molecular complexity index is 3100. The van der Waals surface area contributed by atoms with Crippen molar-refractivity contribution in [2.45, 2.75) is 165 Å². The van der Waals surface area contributed by atoms with Crippen LogP contribution in [0.2, 0.25) is 0 Å². The third-order valence-corrected chi connectivity index (χ3v) is 19.1. The number of unbranched alkanes of at least 4 members (excludes halogenated alkanes) is 12. The van der Waals surface area contributed by atoms with Gasteiger partial charge in [-0.1, -0.05) is 51.4 Å². The van der Waals surface area contributed by atoms with E-state index in [1.165, 1.54) is 12.2 Å². The first-order valence-corrected chi connectivity index (χ1v) is 40.9. The molecular weight excluding hydrogens is 1550 g/mol. The smallest absolute Gasteiger partial charge is 0.471 e. The maximum atomic E-state index is 11.7. The van der Waals surface area contributed by atoms with Gasteiger partial charge < -0.3 is 56.5 Å². The molecule has 2 fully saturated rings. The molecule has 0 spiro atoms. The molecule has 6 unspecified atom stereocenters. The van der Waals surface area contributed by atoms with Crippen LogP contribution in [-0.4, -0.2) is 245 Å². The van der Waals surface area contributed by atoms with E-state index in [1.54, 1.807) is 0 Å². The van der Waals surface area contributed by atoms with Crippen molar-refractivity contribution in [3.05, 3.63) is 24.3 Å². The molecule has 47 heteroatoms. The van der Waals surface area contributed by atoms with Gasteiger partial charge in [0.1, 0.15) is 5.25 Å². The molecule has 4 heterocycles. The number of imide groups is 4. The second-order valence-corrected chi connectivity index (χ2v) is 30.3. The molecule has 107 heavy (non-hydrogen) atoms. The van der Waals surface area contributed by atoms with Gasteiger partial charge >= 0.3 is 43.2 Å². The van der Waals surface area contributed by atoms with Gasteiger partial charge in [0.05, 0.1) is 38.1 Å². The van der Waals surface area contributed by atoms with Crippen molar-refractivity contribution in [3.63, 3.8) is 0 Å². The summed E-state index contributed by atoms with van der Waals surface area (Å²) >= 11 is 7.77. The van der Waals surface area contributed by atoms with Crippen molar-refractivity contribution in [1.29, 1.82) is 0 Å². The highest BCUT2D eigenvalue weighted by molar-refractivity contribution is 7.82. The molecule has 12 amide bonds. The number of nitrogens with zero attached hydrogens (tertiary/aromatic N) is 4. The average molecular weight is 1650 g/mol. The zero-order chi connectivity index (χ0) is 81.0. The van der Waals surface area contributed by atoms with Gasteiger partial charge in [0.15, 0.2) is 0 Å². The van der Waals surface area contributed by atoms with Crippen molar-refractivity contribution in [1.82, 2.24) is 41.0 Å². The normalized spacial score (nSPS) is 17.1. The molecule has 612 valence electrons. The van der Waals surface area contributed by atoms with Gasteiger partial charge in [0.2, 0.25) is 35.4 Å². The molecule has 6 atom stereocenters. The average Bonchev–Trinajstić information content (AvgIpc) is 1.65. The topological polar surface area (TPSA) is 579 Å². The van der Waals surface area contributed by atoms with E-state index in [0.717, 1.165) is 139 Å². The Kier molecular flexibility index (Phi) is 53.9. The van der Waals surface area contributed by atoms with Crippen LogP contribution < -0.4 is 27.0 Å². The molecule has 0 aliphatic carbocycles. The van der Waals surface area contributed by atoms with Gasteiger partial charge in [0, 0.05) is 144 Å². The van der Waals surface area contributed by atoms with Gasteiger partial charge in [-0.15, -0.1) is 5.06 Å². The lowest BCUT2D eigenvalue weighted by Crippen LogP contribution is -2.35. The van der Waals surface area contributed by atoms with E-state index < -0.39 is 95.1 Å².